The van der Waals surface area contributed by atoms with E-state index in [0.29, 0.717) is 12.0 Å². The van der Waals surface area contributed by atoms with Crippen molar-refractivity contribution in [2.45, 2.75) is 51.9 Å². The number of aliphatic hydroxyl groups excluding tert-OH is 1. The number of rotatable bonds is 6. The van der Waals surface area contributed by atoms with Crippen molar-refractivity contribution in [3.05, 3.63) is 0 Å². The lowest BCUT2D eigenvalue weighted by molar-refractivity contribution is 0.237. The van der Waals surface area contributed by atoms with Gasteiger partial charge in [-0.05, 0) is 55.9 Å². The quantitative estimate of drug-likeness (QED) is 0.728. The van der Waals surface area contributed by atoms with Crippen LogP contribution >= 0.6 is 0 Å². The van der Waals surface area contributed by atoms with Gasteiger partial charge in [0.25, 0.3) is 0 Å². The van der Waals surface area contributed by atoms with Crippen molar-refractivity contribution < 1.29 is 5.11 Å². The number of hydrogen-bond donors (Lipinski definition) is 2. The van der Waals surface area contributed by atoms with Crippen molar-refractivity contribution in [1.82, 2.24) is 5.32 Å². The predicted octanol–water partition coefficient (Wildman–Crippen LogP) is 2.56. The Morgan fingerprint density at radius 3 is 2.44 bits per heavy atom. The van der Waals surface area contributed by atoms with Crippen LogP contribution in [-0.2, 0) is 0 Å². The van der Waals surface area contributed by atoms with Crippen LogP contribution in [0.15, 0.2) is 0 Å². The molecule has 2 aliphatic rings. The highest BCUT2D eigenvalue weighted by Gasteiger charge is 2.41. The zero-order chi connectivity index (χ0) is 11.4. The van der Waals surface area contributed by atoms with Gasteiger partial charge in [0.2, 0.25) is 0 Å². The van der Waals surface area contributed by atoms with Gasteiger partial charge >= 0.3 is 0 Å². The Morgan fingerprint density at radius 2 is 1.88 bits per heavy atom. The first-order chi connectivity index (χ1) is 7.74. The van der Waals surface area contributed by atoms with Crippen LogP contribution in [0, 0.1) is 17.3 Å². The van der Waals surface area contributed by atoms with Crippen LogP contribution in [-0.4, -0.2) is 24.8 Å². The van der Waals surface area contributed by atoms with Crippen molar-refractivity contribution in [2.75, 3.05) is 19.7 Å². The molecule has 0 radical (unpaired) electrons. The highest BCUT2D eigenvalue weighted by atomic mass is 16.3. The lowest BCUT2D eigenvalue weighted by Gasteiger charge is -2.27. The molecule has 0 aromatic carbocycles. The first-order valence-electron chi connectivity index (χ1n) is 7.06. The smallest absolute Gasteiger partial charge is 0.0436 e. The first-order valence-corrected chi connectivity index (χ1v) is 7.06. The molecule has 2 saturated carbocycles. The Labute approximate surface area is 99.8 Å². The molecule has 0 spiro atoms. The van der Waals surface area contributed by atoms with Gasteiger partial charge < -0.3 is 10.4 Å². The summed E-state index contributed by atoms with van der Waals surface area (Å²) in [5.41, 5.74) is 0.483. The third-order valence-corrected chi connectivity index (χ3v) is 4.67. The molecule has 2 fully saturated rings. The van der Waals surface area contributed by atoms with Gasteiger partial charge in [0, 0.05) is 13.2 Å². The minimum Gasteiger partial charge on any atom is -0.396 e. The summed E-state index contributed by atoms with van der Waals surface area (Å²) in [5.74, 6) is 1.88. The Bertz CT molecular complexity index is 205. The van der Waals surface area contributed by atoms with Gasteiger partial charge in [-0.3, -0.25) is 0 Å². The molecular weight excluding hydrogens is 198 g/mol. The fourth-order valence-electron chi connectivity index (χ4n) is 3.00. The molecule has 0 atom stereocenters. The van der Waals surface area contributed by atoms with E-state index < -0.39 is 0 Å². The average Bonchev–Trinajstić information content (AvgIpc) is 3.02. The second-order valence-electron chi connectivity index (χ2n) is 6.23. The molecule has 0 amide bonds. The molecule has 2 nitrogen and oxygen atoms in total. The molecule has 0 aliphatic heterocycles. The predicted molar refractivity (Wildman–Crippen MR) is 67.4 cm³/mol. The standard InChI is InChI=1S/C14H27NO/c1-12-2-4-13(5-3-12)10-15-11-14(6-7-14)8-9-16/h12-13,15-16H,2-11H2,1H3. The van der Waals surface area contributed by atoms with E-state index >= 15 is 0 Å². The van der Waals surface area contributed by atoms with Crippen LogP contribution in [0.5, 0.6) is 0 Å². The summed E-state index contributed by atoms with van der Waals surface area (Å²) in [6.45, 7) is 5.09. The number of hydrogen-bond acceptors (Lipinski definition) is 2. The van der Waals surface area contributed by atoms with Crippen molar-refractivity contribution in [1.29, 1.82) is 0 Å². The summed E-state index contributed by atoms with van der Waals surface area (Å²) in [6.07, 6.45) is 9.33. The summed E-state index contributed by atoms with van der Waals surface area (Å²) in [5, 5.41) is 12.6. The fourth-order valence-corrected chi connectivity index (χ4v) is 3.00. The molecule has 2 aliphatic carbocycles. The minimum absolute atomic E-state index is 0.364. The van der Waals surface area contributed by atoms with Crippen LogP contribution in [0.4, 0.5) is 0 Å². The van der Waals surface area contributed by atoms with Gasteiger partial charge in [0.1, 0.15) is 0 Å². The van der Waals surface area contributed by atoms with E-state index in [-0.39, 0.29) is 0 Å². The molecule has 0 unspecified atom stereocenters. The summed E-state index contributed by atoms with van der Waals surface area (Å²) in [7, 11) is 0. The second kappa shape index (κ2) is 5.50. The first kappa shape index (κ1) is 12.4. The topological polar surface area (TPSA) is 32.3 Å². The van der Waals surface area contributed by atoms with Crippen LogP contribution in [0.25, 0.3) is 0 Å². The van der Waals surface area contributed by atoms with Crippen LogP contribution in [0.3, 0.4) is 0 Å². The Morgan fingerprint density at radius 1 is 1.19 bits per heavy atom. The van der Waals surface area contributed by atoms with E-state index in [1.54, 1.807) is 0 Å². The fraction of sp³-hybridized carbons (Fsp3) is 1.00. The maximum Gasteiger partial charge on any atom is 0.0436 e. The second-order valence-corrected chi connectivity index (χ2v) is 6.23. The molecule has 2 rings (SSSR count). The minimum atomic E-state index is 0.364. The molecule has 0 bridgehead atoms. The van der Waals surface area contributed by atoms with E-state index in [1.807, 2.05) is 0 Å². The zero-order valence-electron chi connectivity index (χ0n) is 10.7. The van der Waals surface area contributed by atoms with E-state index in [9.17, 15) is 0 Å². The molecule has 0 aromatic heterocycles. The monoisotopic (exact) mass is 225 g/mol. The zero-order valence-corrected chi connectivity index (χ0v) is 10.7. The molecule has 16 heavy (non-hydrogen) atoms. The van der Waals surface area contributed by atoms with Gasteiger partial charge in [-0.25, -0.2) is 0 Å². The van der Waals surface area contributed by atoms with Crippen molar-refractivity contribution >= 4 is 0 Å². The lowest BCUT2D eigenvalue weighted by atomic mass is 9.83. The highest BCUT2D eigenvalue weighted by molar-refractivity contribution is 4.94. The van der Waals surface area contributed by atoms with E-state index in [2.05, 4.69) is 12.2 Å². The normalized spacial score (nSPS) is 32.6. The lowest BCUT2D eigenvalue weighted by Crippen LogP contribution is -2.31. The molecular formula is C14H27NO. The molecule has 0 aromatic rings. The van der Waals surface area contributed by atoms with Crippen LogP contribution in [0.2, 0.25) is 0 Å². The molecule has 0 saturated heterocycles. The van der Waals surface area contributed by atoms with Gasteiger partial charge in [0.05, 0.1) is 0 Å². The summed E-state index contributed by atoms with van der Waals surface area (Å²) in [6, 6.07) is 0. The maximum atomic E-state index is 8.99. The SMILES string of the molecule is CC1CCC(CNCC2(CCO)CC2)CC1. The van der Waals surface area contributed by atoms with Gasteiger partial charge in [-0.2, -0.15) is 0 Å². The Balaban J connectivity index is 1.58. The summed E-state index contributed by atoms with van der Waals surface area (Å²) >= 11 is 0. The third-order valence-electron chi connectivity index (χ3n) is 4.67. The molecule has 94 valence electrons. The van der Waals surface area contributed by atoms with Gasteiger partial charge in [-0.1, -0.05) is 19.8 Å². The largest absolute Gasteiger partial charge is 0.396 e. The Hall–Kier alpha value is -0.0800. The van der Waals surface area contributed by atoms with Crippen molar-refractivity contribution in [2.24, 2.45) is 17.3 Å². The van der Waals surface area contributed by atoms with E-state index in [1.165, 1.54) is 45.1 Å². The van der Waals surface area contributed by atoms with E-state index in [4.69, 9.17) is 5.11 Å². The van der Waals surface area contributed by atoms with Gasteiger partial charge in [-0.15, -0.1) is 0 Å². The van der Waals surface area contributed by atoms with E-state index in [0.717, 1.165) is 24.8 Å². The molecule has 2 N–H and O–H groups in total. The highest BCUT2D eigenvalue weighted by Crippen LogP contribution is 2.47. The average molecular weight is 225 g/mol. The Kier molecular flexibility index (Phi) is 4.26. The van der Waals surface area contributed by atoms with Crippen LogP contribution in [0.1, 0.15) is 51.9 Å². The summed E-state index contributed by atoms with van der Waals surface area (Å²) in [4.78, 5) is 0. The van der Waals surface area contributed by atoms with Crippen molar-refractivity contribution in [3.8, 4) is 0 Å². The molecule has 0 heterocycles. The number of aliphatic hydroxyl groups is 1. The molecule has 2 heteroatoms. The van der Waals surface area contributed by atoms with Crippen LogP contribution < -0.4 is 5.32 Å². The number of nitrogens with one attached hydrogen (secondary N) is 1. The third kappa shape index (κ3) is 3.46. The maximum absolute atomic E-state index is 8.99. The van der Waals surface area contributed by atoms with Crippen molar-refractivity contribution in [3.63, 3.8) is 0 Å². The summed E-state index contributed by atoms with van der Waals surface area (Å²) < 4.78 is 0. The van der Waals surface area contributed by atoms with Gasteiger partial charge in [0.15, 0.2) is 0 Å².